The highest BCUT2D eigenvalue weighted by Gasteiger charge is 2.30. The molecule has 1 aromatic rings. The topological polar surface area (TPSA) is 3.24 Å². The van der Waals surface area contributed by atoms with Crippen LogP contribution in [0.15, 0.2) is 29.2 Å². The molecule has 1 fully saturated rings. The Bertz CT molecular complexity index is 410. The summed E-state index contributed by atoms with van der Waals surface area (Å²) < 4.78 is 0. The molecule has 1 aromatic carbocycles. The van der Waals surface area contributed by atoms with Gasteiger partial charge >= 0.3 is 0 Å². The van der Waals surface area contributed by atoms with Crippen LogP contribution in [-0.4, -0.2) is 29.8 Å². The van der Waals surface area contributed by atoms with Crippen molar-refractivity contribution in [2.45, 2.75) is 49.7 Å². The molecule has 2 heteroatoms. The number of benzene rings is 1. The zero-order valence-corrected chi connectivity index (χ0v) is 13.0. The minimum Gasteiger partial charge on any atom is -0.302 e. The van der Waals surface area contributed by atoms with E-state index in [4.69, 9.17) is 0 Å². The van der Waals surface area contributed by atoms with E-state index in [-0.39, 0.29) is 0 Å². The van der Waals surface area contributed by atoms with E-state index >= 15 is 0 Å². The highest BCUT2D eigenvalue weighted by atomic mass is 32.2. The molecule has 1 nitrogen and oxygen atoms in total. The number of nitrogens with zero attached hydrogens (tertiary/aromatic N) is 1. The van der Waals surface area contributed by atoms with Crippen LogP contribution < -0.4 is 0 Å². The van der Waals surface area contributed by atoms with Crippen molar-refractivity contribution in [1.29, 1.82) is 0 Å². The lowest BCUT2D eigenvalue weighted by molar-refractivity contribution is 0.115. The zero-order chi connectivity index (χ0) is 13.3. The van der Waals surface area contributed by atoms with Crippen LogP contribution in [-0.2, 0) is 6.42 Å². The Labute approximate surface area is 121 Å². The van der Waals surface area contributed by atoms with Crippen LogP contribution >= 0.6 is 11.8 Å². The van der Waals surface area contributed by atoms with Crippen LogP contribution in [0.25, 0.3) is 0 Å². The van der Waals surface area contributed by atoms with E-state index in [0.717, 1.165) is 5.25 Å². The molecule has 0 saturated carbocycles. The molecule has 0 radical (unpaired) electrons. The molecule has 1 atom stereocenters. The van der Waals surface area contributed by atoms with Crippen LogP contribution in [0.1, 0.15) is 38.7 Å². The van der Waals surface area contributed by atoms with Gasteiger partial charge in [0.1, 0.15) is 0 Å². The van der Waals surface area contributed by atoms with Gasteiger partial charge in [-0.1, -0.05) is 38.5 Å². The maximum Gasteiger partial charge on any atom is 0.0263 e. The van der Waals surface area contributed by atoms with E-state index in [0.29, 0.717) is 5.41 Å². The summed E-state index contributed by atoms with van der Waals surface area (Å²) in [5.41, 5.74) is 2.18. The number of likely N-dealkylation sites (tertiary alicyclic amines) is 1. The third-order valence-corrected chi connectivity index (χ3v) is 6.39. The van der Waals surface area contributed by atoms with E-state index in [1.165, 1.54) is 50.2 Å². The highest BCUT2D eigenvalue weighted by molar-refractivity contribution is 8.00. The second kappa shape index (κ2) is 5.49. The third kappa shape index (κ3) is 3.00. The molecule has 104 valence electrons. The van der Waals surface area contributed by atoms with Crippen molar-refractivity contribution in [3.05, 3.63) is 29.8 Å². The quantitative estimate of drug-likeness (QED) is 0.812. The Kier molecular flexibility index (Phi) is 3.91. The highest BCUT2D eigenvalue weighted by Crippen LogP contribution is 2.39. The van der Waals surface area contributed by atoms with Crippen molar-refractivity contribution >= 4 is 11.8 Å². The molecule has 2 heterocycles. The molecule has 19 heavy (non-hydrogen) atoms. The van der Waals surface area contributed by atoms with Gasteiger partial charge in [-0.3, -0.25) is 0 Å². The molecular formula is C17H25NS. The van der Waals surface area contributed by atoms with Crippen molar-refractivity contribution in [2.75, 3.05) is 19.6 Å². The first-order valence-corrected chi connectivity index (χ1v) is 8.53. The summed E-state index contributed by atoms with van der Waals surface area (Å²) in [6, 6.07) is 8.92. The van der Waals surface area contributed by atoms with E-state index in [1.54, 1.807) is 5.56 Å². The van der Waals surface area contributed by atoms with Gasteiger partial charge in [0, 0.05) is 16.7 Å². The van der Waals surface area contributed by atoms with Gasteiger partial charge in [0.25, 0.3) is 0 Å². The van der Waals surface area contributed by atoms with Crippen LogP contribution in [0.3, 0.4) is 0 Å². The van der Waals surface area contributed by atoms with E-state index < -0.39 is 0 Å². The van der Waals surface area contributed by atoms with Gasteiger partial charge in [-0.05, 0) is 49.4 Å². The zero-order valence-electron chi connectivity index (χ0n) is 12.2. The molecule has 0 aliphatic carbocycles. The summed E-state index contributed by atoms with van der Waals surface area (Å²) in [5.74, 6) is 0. The van der Waals surface area contributed by atoms with E-state index in [2.05, 4.69) is 54.8 Å². The van der Waals surface area contributed by atoms with Gasteiger partial charge in [-0.15, -0.1) is 11.8 Å². The Hall–Kier alpha value is -0.470. The van der Waals surface area contributed by atoms with Gasteiger partial charge in [0.05, 0.1) is 0 Å². The van der Waals surface area contributed by atoms with E-state index in [9.17, 15) is 0 Å². The second-order valence-corrected chi connectivity index (χ2v) is 7.86. The summed E-state index contributed by atoms with van der Waals surface area (Å²) in [6.45, 7) is 8.69. The lowest BCUT2D eigenvalue weighted by Crippen LogP contribution is -2.41. The molecule has 0 bridgehead atoms. The van der Waals surface area contributed by atoms with Crippen LogP contribution in [0, 0.1) is 5.41 Å². The van der Waals surface area contributed by atoms with Gasteiger partial charge in [0.15, 0.2) is 0 Å². The fourth-order valence-corrected chi connectivity index (χ4v) is 4.64. The number of rotatable bonds is 3. The monoisotopic (exact) mass is 275 g/mol. The average molecular weight is 275 g/mol. The number of hydrogen-bond acceptors (Lipinski definition) is 2. The standard InChI is InChI=1S/C17H25NS/c1-3-17(2)8-10-18(11-9-17)13-15-12-14-6-4-5-7-16(14)19-15/h4-7,15H,3,8-13H2,1-2H3. The van der Waals surface area contributed by atoms with Gasteiger partial charge in [0.2, 0.25) is 0 Å². The van der Waals surface area contributed by atoms with Crippen molar-refractivity contribution in [2.24, 2.45) is 5.41 Å². The second-order valence-electron chi connectivity index (χ2n) is 6.52. The van der Waals surface area contributed by atoms with Gasteiger partial charge < -0.3 is 4.90 Å². The Morgan fingerprint density at radius 2 is 2.00 bits per heavy atom. The lowest BCUT2D eigenvalue weighted by atomic mass is 9.78. The first-order valence-electron chi connectivity index (χ1n) is 7.65. The molecule has 0 spiro atoms. The molecule has 2 aliphatic heterocycles. The first kappa shape index (κ1) is 13.5. The molecule has 0 aromatic heterocycles. The molecule has 3 rings (SSSR count). The minimum absolute atomic E-state index is 0.613. The third-order valence-electron chi connectivity index (χ3n) is 5.09. The maximum atomic E-state index is 2.70. The smallest absolute Gasteiger partial charge is 0.0263 e. The summed E-state index contributed by atoms with van der Waals surface area (Å²) in [4.78, 5) is 4.21. The number of hydrogen-bond donors (Lipinski definition) is 0. The number of fused-ring (bicyclic) bond motifs is 1. The van der Waals surface area contributed by atoms with Crippen molar-refractivity contribution < 1.29 is 0 Å². The van der Waals surface area contributed by atoms with E-state index in [1.807, 2.05) is 0 Å². The fourth-order valence-electron chi connectivity index (χ4n) is 3.27. The molecular weight excluding hydrogens is 250 g/mol. The van der Waals surface area contributed by atoms with Crippen molar-refractivity contribution in [3.8, 4) is 0 Å². The first-order chi connectivity index (χ1) is 9.18. The molecule has 0 amide bonds. The van der Waals surface area contributed by atoms with Crippen LogP contribution in [0.2, 0.25) is 0 Å². The van der Waals surface area contributed by atoms with Crippen molar-refractivity contribution in [3.63, 3.8) is 0 Å². The Balaban J connectivity index is 1.52. The molecule has 1 unspecified atom stereocenters. The minimum atomic E-state index is 0.613. The molecule has 0 N–H and O–H groups in total. The number of piperidine rings is 1. The summed E-state index contributed by atoms with van der Waals surface area (Å²) in [5, 5.41) is 0.781. The summed E-state index contributed by atoms with van der Waals surface area (Å²) in [7, 11) is 0. The van der Waals surface area contributed by atoms with Gasteiger partial charge in [-0.25, -0.2) is 0 Å². The largest absolute Gasteiger partial charge is 0.302 e. The predicted octanol–water partition coefficient (Wildman–Crippen LogP) is 4.22. The van der Waals surface area contributed by atoms with Crippen LogP contribution in [0.5, 0.6) is 0 Å². The fraction of sp³-hybridized carbons (Fsp3) is 0.647. The molecule has 2 aliphatic rings. The summed E-state index contributed by atoms with van der Waals surface area (Å²) >= 11 is 2.09. The summed E-state index contributed by atoms with van der Waals surface area (Å²) in [6.07, 6.45) is 5.37. The van der Waals surface area contributed by atoms with Crippen LogP contribution in [0.4, 0.5) is 0 Å². The van der Waals surface area contributed by atoms with Gasteiger partial charge in [-0.2, -0.15) is 0 Å². The Morgan fingerprint density at radius 1 is 1.26 bits per heavy atom. The predicted molar refractivity (Wildman–Crippen MR) is 83.9 cm³/mol. The average Bonchev–Trinajstić information content (AvgIpc) is 2.84. The lowest BCUT2D eigenvalue weighted by Gasteiger charge is -2.39. The maximum absolute atomic E-state index is 2.70. The van der Waals surface area contributed by atoms with Crippen molar-refractivity contribution in [1.82, 2.24) is 4.90 Å². The SMILES string of the molecule is CCC1(C)CCN(CC2Cc3ccccc3S2)CC1. The molecule has 1 saturated heterocycles. The number of thioether (sulfide) groups is 1. The Morgan fingerprint density at radius 3 is 2.68 bits per heavy atom. The normalized spacial score (nSPS) is 26.3.